The number of benzene rings is 1. The number of anilines is 1. The molecule has 1 aromatic heterocycles. The van der Waals surface area contributed by atoms with Crippen molar-refractivity contribution < 1.29 is 8.78 Å². The van der Waals surface area contributed by atoms with E-state index < -0.39 is 6.43 Å². The minimum atomic E-state index is -2.34. The molecule has 0 amide bonds. The maximum atomic E-state index is 12.2. The van der Waals surface area contributed by atoms with Crippen molar-refractivity contribution in [2.45, 2.75) is 12.8 Å². The van der Waals surface area contributed by atoms with E-state index in [0.717, 1.165) is 11.1 Å². The molecule has 2 rings (SSSR count). The van der Waals surface area contributed by atoms with Crippen molar-refractivity contribution in [1.82, 2.24) is 10.2 Å². The molecule has 3 N–H and O–H groups in total. The highest BCUT2D eigenvalue weighted by Gasteiger charge is 2.08. The number of nitrogens with zero attached hydrogens (tertiary/aromatic N) is 1. The Bertz CT molecular complexity index is 480. The summed E-state index contributed by atoms with van der Waals surface area (Å²) in [6.45, 7) is 0. The van der Waals surface area contributed by atoms with Crippen LogP contribution in [0.3, 0.4) is 0 Å². The Kier molecular flexibility index (Phi) is 2.85. The Labute approximate surface area is 91.3 Å². The first-order valence-corrected chi connectivity index (χ1v) is 4.83. The Morgan fingerprint density at radius 3 is 2.81 bits per heavy atom. The molecule has 0 unspecified atom stereocenters. The summed E-state index contributed by atoms with van der Waals surface area (Å²) in [6, 6.07) is 6.93. The van der Waals surface area contributed by atoms with Gasteiger partial charge in [-0.2, -0.15) is 5.10 Å². The number of hydrogen-bond acceptors (Lipinski definition) is 2. The van der Waals surface area contributed by atoms with Crippen molar-refractivity contribution in [3.63, 3.8) is 0 Å². The van der Waals surface area contributed by atoms with E-state index in [1.165, 1.54) is 0 Å². The van der Waals surface area contributed by atoms with Crippen LogP contribution in [0.5, 0.6) is 0 Å². The SMILES string of the molecule is Nc1[nH]ncc1-c1cccc(CC(F)F)c1. The molecule has 0 spiro atoms. The summed E-state index contributed by atoms with van der Waals surface area (Å²) in [5.41, 5.74) is 7.78. The number of aromatic nitrogens is 2. The summed E-state index contributed by atoms with van der Waals surface area (Å²) < 4.78 is 24.5. The van der Waals surface area contributed by atoms with Gasteiger partial charge in [-0.05, 0) is 11.1 Å². The van der Waals surface area contributed by atoms with Gasteiger partial charge in [-0.3, -0.25) is 5.10 Å². The second-order valence-corrected chi connectivity index (χ2v) is 3.49. The quantitative estimate of drug-likeness (QED) is 0.839. The molecule has 3 nitrogen and oxygen atoms in total. The van der Waals surface area contributed by atoms with Crippen LogP contribution in [-0.4, -0.2) is 16.6 Å². The Hall–Kier alpha value is -1.91. The minimum Gasteiger partial charge on any atom is -0.384 e. The summed E-state index contributed by atoms with van der Waals surface area (Å²) in [7, 11) is 0. The van der Waals surface area contributed by atoms with Crippen molar-refractivity contribution in [2.24, 2.45) is 0 Å². The first kappa shape index (κ1) is 10.6. The van der Waals surface area contributed by atoms with Crippen molar-refractivity contribution in [3.05, 3.63) is 36.0 Å². The fourth-order valence-corrected chi connectivity index (χ4v) is 1.57. The number of rotatable bonds is 3. The van der Waals surface area contributed by atoms with Gasteiger partial charge in [-0.1, -0.05) is 24.3 Å². The molecule has 0 fully saturated rings. The van der Waals surface area contributed by atoms with Gasteiger partial charge >= 0.3 is 0 Å². The molecule has 1 aromatic carbocycles. The molecule has 0 aliphatic carbocycles. The lowest BCUT2D eigenvalue weighted by Gasteiger charge is -2.04. The van der Waals surface area contributed by atoms with Crippen LogP contribution in [0.25, 0.3) is 11.1 Å². The number of hydrogen-bond donors (Lipinski definition) is 2. The zero-order valence-electron chi connectivity index (χ0n) is 8.45. The predicted octanol–water partition coefficient (Wildman–Crippen LogP) is 2.47. The molecule has 5 heteroatoms. The molecule has 2 aromatic rings. The van der Waals surface area contributed by atoms with E-state index in [0.29, 0.717) is 11.4 Å². The first-order valence-electron chi connectivity index (χ1n) is 4.83. The monoisotopic (exact) mass is 223 g/mol. The van der Waals surface area contributed by atoms with Crippen LogP contribution in [-0.2, 0) is 6.42 Å². The second-order valence-electron chi connectivity index (χ2n) is 3.49. The van der Waals surface area contributed by atoms with Crippen LogP contribution in [0, 0.1) is 0 Å². The number of nitrogens with two attached hydrogens (primary N) is 1. The molecule has 0 aliphatic heterocycles. The lowest BCUT2D eigenvalue weighted by molar-refractivity contribution is 0.149. The third-order valence-electron chi connectivity index (χ3n) is 2.30. The number of alkyl halides is 2. The molecule has 16 heavy (non-hydrogen) atoms. The number of nitrogens with one attached hydrogen (secondary N) is 1. The summed E-state index contributed by atoms with van der Waals surface area (Å²) in [5, 5.41) is 6.40. The fourth-order valence-electron chi connectivity index (χ4n) is 1.57. The van der Waals surface area contributed by atoms with Gasteiger partial charge in [-0.25, -0.2) is 8.78 Å². The number of aromatic amines is 1. The Morgan fingerprint density at radius 2 is 2.19 bits per heavy atom. The van der Waals surface area contributed by atoms with Crippen LogP contribution < -0.4 is 5.73 Å². The number of H-pyrrole nitrogens is 1. The number of halogens is 2. The lowest BCUT2D eigenvalue weighted by Crippen LogP contribution is -1.96. The van der Waals surface area contributed by atoms with E-state index in [-0.39, 0.29) is 6.42 Å². The molecule has 1 heterocycles. The van der Waals surface area contributed by atoms with Gasteiger partial charge in [0, 0.05) is 12.0 Å². The van der Waals surface area contributed by atoms with E-state index in [2.05, 4.69) is 10.2 Å². The highest BCUT2D eigenvalue weighted by atomic mass is 19.3. The van der Waals surface area contributed by atoms with Crippen LogP contribution in [0.15, 0.2) is 30.5 Å². The smallest absolute Gasteiger partial charge is 0.242 e. The van der Waals surface area contributed by atoms with Crippen LogP contribution >= 0.6 is 0 Å². The van der Waals surface area contributed by atoms with E-state index in [4.69, 9.17) is 5.73 Å². The zero-order valence-corrected chi connectivity index (χ0v) is 8.45. The summed E-state index contributed by atoms with van der Waals surface area (Å²) in [5.74, 6) is 0.439. The molecule has 0 bridgehead atoms. The van der Waals surface area contributed by atoms with Crippen molar-refractivity contribution in [1.29, 1.82) is 0 Å². The lowest BCUT2D eigenvalue weighted by atomic mass is 10.0. The van der Waals surface area contributed by atoms with Crippen LogP contribution in [0.1, 0.15) is 5.56 Å². The predicted molar refractivity (Wildman–Crippen MR) is 58.1 cm³/mol. The van der Waals surface area contributed by atoms with E-state index in [1.54, 1.807) is 24.4 Å². The van der Waals surface area contributed by atoms with Crippen molar-refractivity contribution >= 4 is 5.82 Å². The van der Waals surface area contributed by atoms with Gasteiger partial charge in [0.2, 0.25) is 6.43 Å². The Balaban J connectivity index is 2.33. The molecule has 0 saturated carbocycles. The molecular formula is C11H11F2N3. The summed E-state index contributed by atoms with van der Waals surface area (Å²) in [4.78, 5) is 0. The second kappa shape index (κ2) is 4.30. The highest BCUT2D eigenvalue weighted by molar-refractivity contribution is 5.73. The molecular weight excluding hydrogens is 212 g/mol. The number of nitrogen functional groups attached to an aromatic ring is 1. The molecule has 0 saturated heterocycles. The Morgan fingerprint density at radius 1 is 1.38 bits per heavy atom. The molecule has 0 atom stereocenters. The van der Waals surface area contributed by atoms with Gasteiger partial charge in [0.1, 0.15) is 5.82 Å². The fraction of sp³-hybridized carbons (Fsp3) is 0.182. The van der Waals surface area contributed by atoms with Gasteiger partial charge in [0.25, 0.3) is 0 Å². The van der Waals surface area contributed by atoms with E-state index in [9.17, 15) is 8.78 Å². The van der Waals surface area contributed by atoms with Gasteiger partial charge in [-0.15, -0.1) is 0 Å². The largest absolute Gasteiger partial charge is 0.384 e. The standard InChI is InChI=1S/C11H11F2N3/c12-10(13)5-7-2-1-3-8(4-7)9-6-15-16-11(9)14/h1-4,6,10H,5H2,(H3,14,15,16). The third kappa shape index (κ3) is 2.18. The van der Waals surface area contributed by atoms with Gasteiger partial charge in [0.05, 0.1) is 6.20 Å². The molecule has 0 radical (unpaired) electrons. The van der Waals surface area contributed by atoms with E-state index in [1.807, 2.05) is 6.07 Å². The zero-order chi connectivity index (χ0) is 11.5. The maximum absolute atomic E-state index is 12.2. The van der Waals surface area contributed by atoms with E-state index >= 15 is 0 Å². The minimum absolute atomic E-state index is 0.244. The topological polar surface area (TPSA) is 54.7 Å². The summed E-state index contributed by atoms with van der Waals surface area (Å²) in [6.07, 6.45) is -1.00. The molecule has 0 aliphatic rings. The third-order valence-corrected chi connectivity index (χ3v) is 2.30. The first-order chi connectivity index (χ1) is 7.66. The van der Waals surface area contributed by atoms with Crippen molar-refractivity contribution in [2.75, 3.05) is 5.73 Å². The maximum Gasteiger partial charge on any atom is 0.242 e. The van der Waals surface area contributed by atoms with Gasteiger partial charge < -0.3 is 5.73 Å². The van der Waals surface area contributed by atoms with Gasteiger partial charge in [0.15, 0.2) is 0 Å². The average molecular weight is 223 g/mol. The van der Waals surface area contributed by atoms with Crippen molar-refractivity contribution in [3.8, 4) is 11.1 Å². The van der Waals surface area contributed by atoms with Crippen LogP contribution in [0.4, 0.5) is 14.6 Å². The van der Waals surface area contributed by atoms with Crippen LogP contribution in [0.2, 0.25) is 0 Å². The normalized spacial score (nSPS) is 10.9. The highest BCUT2D eigenvalue weighted by Crippen LogP contribution is 2.24. The molecule has 84 valence electrons. The average Bonchev–Trinajstić information content (AvgIpc) is 2.64. The summed E-state index contributed by atoms with van der Waals surface area (Å²) >= 11 is 0.